The molecule has 5 nitrogen and oxygen atoms in total. The fourth-order valence-corrected chi connectivity index (χ4v) is 3.54. The summed E-state index contributed by atoms with van der Waals surface area (Å²) in [6.45, 7) is 3.65. The van der Waals surface area contributed by atoms with Crippen LogP contribution in [0.4, 0.5) is 11.4 Å². The van der Waals surface area contributed by atoms with E-state index >= 15 is 0 Å². The van der Waals surface area contributed by atoms with Gasteiger partial charge in [-0.15, -0.1) is 0 Å². The van der Waals surface area contributed by atoms with E-state index in [1.54, 1.807) is 0 Å². The Kier molecular flexibility index (Phi) is 4.32. The second-order valence-corrected chi connectivity index (χ2v) is 6.55. The van der Waals surface area contributed by atoms with Crippen LogP contribution in [0.3, 0.4) is 0 Å². The number of carbonyl (C=O) groups excluding carboxylic acids is 1. The molecule has 5 heteroatoms. The second-order valence-electron chi connectivity index (χ2n) is 6.55. The molecular formula is C20H23N3O2. The molecule has 0 spiro atoms. The lowest BCUT2D eigenvalue weighted by Gasteiger charge is -2.32. The van der Waals surface area contributed by atoms with Gasteiger partial charge in [0.2, 0.25) is 0 Å². The first kappa shape index (κ1) is 16.0. The molecule has 0 aromatic heterocycles. The molecule has 0 unspecified atom stereocenters. The Balaban J connectivity index is 1.62. The molecule has 4 rings (SSSR count). The summed E-state index contributed by atoms with van der Waals surface area (Å²) in [5.41, 5.74) is 9.62. The number of likely N-dealkylation sites (tertiary alicyclic amines) is 1. The fraction of sp³-hybridized carbons (Fsp3) is 0.350. The van der Waals surface area contributed by atoms with Crippen molar-refractivity contribution in [3.05, 3.63) is 53.6 Å². The van der Waals surface area contributed by atoms with Crippen LogP contribution in [-0.4, -0.2) is 37.0 Å². The van der Waals surface area contributed by atoms with Gasteiger partial charge in [-0.05, 0) is 48.7 Å². The molecule has 0 aliphatic carbocycles. The van der Waals surface area contributed by atoms with Crippen molar-refractivity contribution in [3.8, 4) is 5.75 Å². The molecule has 2 aliphatic rings. The van der Waals surface area contributed by atoms with E-state index < -0.39 is 0 Å². The molecule has 0 radical (unpaired) electrons. The Hall–Kier alpha value is -2.53. The molecule has 1 fully saturated rings. The Morgan fingerprint density at radius 1 is 1.04 bits per heavy atom. The summed E-state index contributed by atoms with van der Waals surface area (Å²) < 4.78 is 5.84. The SMILES string of the molecule is NCc1ccc(N2CCOc3cc(C(=O)N4CCCC4)ccc32)cc1. The third-order valence-corrected chi connectivity index (χ3v) is 4.95. The van der Waals surface area contributed by atoms with Crippen LogP contribution in [0.25, 0.3) is 0 Å². The molecule has 0 atom stereocenters. The molecular weight excluding hydrogens is 314 g/mol. The maximum Gasteiger partial charge on any atom is 0.253 e. The van der Waals surface area contributed by atoms with Crippen molar-refractivity contribution in [1.82, 2.24) is 4.90 Å². The van der Waals surface area contributed by atoms with Crippen LogP contribution in [0.5, 0.6) is 5.75 Å². The third kappa shape index (κ3) is 3.07. The number of nitrogens with two attached hydrogens (primary N) is 1. The Morgan fingerprint density at radius 3 is 2.52 bits per heavy atom. The zero-order valence-electron chi connectivity index (χ0n) is 14.3. The average Bonchev–Trinajstić information content (AvgIpc) is 3.21. The Bertz CT molecular complexity index is 767. The molecule has 2 heterocycles. The standard InChI is InChI=1S/C20H23N3O2/c21-14-15-3-6-17(7-4-15)23-11-12-25-19-13-16(5-8-18(19)23)20(24)22-9-1-2-10-22/h3-8,13H,1-2,9-12,14,21H2. The molecule has 1 saturated heterocycles. The van der Waals surface area contributed by atoms with Crippen LogP contribution >= 0.6 is 0 Å². The fourth-order valence-electron chi connectivity index (χ4n) is 3.54. The number of carbonyl (C=O) groups is 1. The number of anilines is 2. The highest BCUT2D eigenvalue weighted by molar-refractivity contribution is 5.95. The van der Waals surface area contributed by atoms with Crippen LogP contribution in [0.2, 0.25) is 0 Å². The summed E-state index contributed by atoms with van der Waals surface area (Å²) in [6, 6.07) is 14.1. The maximum atomic E-state index is 12.6. The van der Waals surface area contributed by atoms with Gasteiger partial charge in [0, 0.05) is 30.9 Å². The van der Waals surface area contributed by atoms with Crippen LogP contribution in [0.15, 0.2) is 42.5 Å². The van der Waals surface area contributed by atoms with Gasteiger partial charge in [-0.1, -0.05) is 12.1 Å². The predicted octanol–water partition coefficient (Wildman–Crippen LogP) is 2.91. The van der Waals surface area contributed by atoms with Crippen molar-refractivity contribution >= 4 is 17.3 Å². The van der Waals surface area contributed by atoms with Gasteiger partial charge in [-0.25, -0.2) is 0 Å². The van der Waals surface area contributed by atoms with Crippen molar-refractivity contribution in [2.45, 2.75) is 19.4 Å². The van der Waals surface area contributed by atoms with E-state index in [2.05, 4.69) is 29.2 Å². The quantitative estimate of drug-likeness (QED) is 0.935. The number of rotatable bonds is 3. The normalized spacial score (nSPS) is 16.5. The Labute approximate surface area is 148 Å². The van der Waals surface area contributed by atoms with Gasteiger partial charge in [0.05, 0.1) is 12.2 Å². The van der Waals surface area contributed by atoms with Crippen molar-refractivity contribution in [2.75, 3.05) is 31.1 Å². The Morgan fingerprint density at radius 2 is 1.80 bits per heavy atom. The molecule has 2 N–H and O–H groups in total. The minimum absolute atomic E-state index is 0.105. The minimum Gasteiger partial charge on any atom is -0.490 e. The number of hydrogen-bond acceptors (Lipinski definition) is 4. The van der Waals surface area contributed by atoms with Crippen LogP contribution in [0.1, 0.15) is 28.8 Å². The molecule has 1 amide bonds. The highest BCUT2D eigenvalue weighted by Crippen LogP contribution is 2.37. The van der Waals surface area contributed by atoms with E-state index in [0.717, 1.165) is 55.2 Å². The number of fused-ring (bicyclic) bond motifs is 1. The summed E-state index contributed by atoms with van der Waals surface area (Å²) in [4.78, 5) is 16.7. The number of ether oxygens (including phenoxy) is 1. The van der Waals surface area contributed by atoms with Crippen molar-refractivity contribution in [1.29, 1.82) is 0 Å². The van der Waals surface area contributed by atoms with Crippen molar-refractivity contribution in [2.24, 2.45) is 5.73 Å². The smallest absolute Gasteiger partial charge is 0.253 e. The highest BCUT2D eigenvalue weighted by atomic mass is 16.5. The first-order valence-electron chi connectivity index (χ1n) is 8.89. The molecule has 0 saturated carbocycles. The van der Waals surface area contributed by atoms with Gasteiger partial charge in [-0.3, -0.25) is 4.79 Å². The van der Waals surface area contributed by atoms with Crippen molar-refractivity contribution in [3.63, 3.8) is 0 Å². The second kappa shape index (κ2) is 6.76. The van der Waals surface area contributed by atoms with E-state index in [-0.39, 0.29) is 5.91 Å². The number of nitrogens with zero attached hydrogens (tertiary/aromatic N) is 2. The van der Waals surface area contributed by atoms with Gasteiger partial charge in [0.1, 0.15) is 12.4 Å². The number of hydrogen-bond donors (Lipinski definition) is 1. The summed E-state index contributed by atoms with van der Waals surface area (Å²) in [6.07, 6.45) is 2.19. The molecule has 2 aromatic carbocycles. The first-order valence-corrected chi connectivity index (χ1v) is 8.89. The van der Waals surface area contributed by atoms with E-state index in [1.165, 1.54) is 0 Å². The molecule has 25 heavy (non-hydrogen) atoms. The zero-order chi connectivity index (χ0) is 17.2. The largest absolute Gasteiger partial charge is 0.490 e. The summed E-state index contributed by atoms with van der Waals surface area (Å²) in [7, 11) is 0. The summed E-state index contributed by atoms with van der Waals surface area (Å²) in [5, 5.41) is 0. The van der Waals surface area contributed by atoms with Gasteiger partial charge in [0.25, 0.3) is 5.91 Å². The molecule has 0 bridgehead atoms. The van der Waals surface area contributed by atoms with Gasteiger partial charge in [-0.2, -0.15) is 0 Å². The molecule has 130 valence electrons. The van der Waals surface area contributed by atoms with Gasteiger partial charge in [0.15, 0.2) is 0 Å². The van der Waals surface area contributed by atoms with E-state index in [4.69, 9.17) is 10.5 Å². The van der Waals surface area contributed by atoms with Crippen LogP contribution < -0.4 is 15.4 Å². The van der Waals surface area contributed by atoms with Gasteiger partial charge < -0.3 is 20.3 Å². The highest BCUT2D eigenvalue weighted by Gasteiger charge is 2.24. The lowest BCUT2D eigenvalue weighted by Crippen LogP contribution is -2.30. The maximum absolute atomic E-state index is 12.6. The average molecular weight is 337 g/mol. The molecule has 2 aliphatic heterocycles. The first-order chi connectivity index (χ1) is 12.3. The van der Waals surface area contributed by atoms with E-state index in [0.29, 0.717) is 18.7 Å². The zero-order valence-corrected chi connectivity index (χ0v) is 14.3. The van der Waals surface area contributed by atoms with Crippen LogP contribution in [0, 0.1) is 0 Å². The lowest BCUT2D eigenvalue weighted by molar-refractivity contribution is 0.0792. The summed E-state index contributed by atoms with van der Waals surface area (Å²) in [5.74, 6) is 0.882. The number of amides is 1. The van der Waals surface area contributed by atoms with E-state index in [1.807, 2.05) is 23.1 Å². The number of benzene rings is 2. The minimum atomic E-state index is 0.105. The third-order valence-electron chi connectivity index (χ3n) is 4.95. The van der Waals surface area contributed by atoms with Crippen molar-refractivity contribution < 1.29 is 9.53 Å². The lowest BCUT2D eigenvalue weighted by atomic mass is 10.1. The van der Waals surface area contributed by atoms with E-state index in [9.17, 15) is 4.79 Å². The monoisotopic (exact) mass is 337 g/mol. The topological polar surface area (TPSA) is 58.8 Å². The molecule has 2 aromatic rings. The van der Waals surface area contributed by atoms with Gasteiger partial charge >= 0.3 is 0 Å². The van der Waals surface area contributed by atoms with Crippen LogP contribution in [-0.2, 0) is 6.54 Å². The predicted molar refractivity (Wildman–Crippen MR) is 98.4 cm³/mol. The summed E-state index contributed by atoms with van der Waals surface area (Å²) >= 11 is 0.